The Bertz CT molecular complexity index is 297. The number of amides is 1. The van der Waals surface area contributed by atoms with E-state index in [0.717, 1.165) is 19.6 Å². The minimum Gasteiger partial charge on any atom is -0.444 e. The summed E-state index contributed by atoms with van der Waals surface area (Å²) < 4.78 is 10.9. The third kappa shape index (κ3) is 6.07. The number of hydrogen-bond acceptors (Lipinski definition) is 5. The molecule has 0 aromatic carbocycles. The van der Waals surface area contributed by atoms with E-state index in [4.69, 9.17) is 15.2 Å². The molecule has 0 aromatic rings. The summed E-state index contributed by atoms with van der Waals surface area (Å²) in [5.74, 6) is 0. The molecule has 1 amide bonds. The number of hydrogen-bond donors (Lipinski definition) is 1. The van der Waals surface area contributed by atoms with E-state index < -0.39 is 5.60 Å². The van der Waals surface area contributed by atoms with Gasteiger partial charge < -0.3 is 20.1 Å². The molecule has 6 heteroatoms. The zero-order chi connectivity index (χ0) is 15.2. The molecule has 1 fully saturated rings. The molecular formula is C14H29N3O3. The predicted molar refractivity (Wildman–Crippen MR) is 78.7 cm³/mol. The fourth-order valence-electron chi connectivity index (χ4n) is 2.16. The SMILES string of the molecule is CCOC(CN)CN1CCN(C(=O)OC(C)(C)C)CC1. The number of carbonyl (C=O) groups excluding carboxylic acids is 1. The van der Waals surface area contributed by atoms with Crippen LogP contribution in [0, 0.1) is 0 Å². The van der Waals surface area contributed by atoms with E-state index >= 15 is 0 Å². The van der Waals surface area contributed by atoms with Crippen LogP contribution in [0.1, 0.15) is 27.7 Å². The fraction of sp³-hybridized carbons (Fsp3) is 0.929. The summed E-state index contributed by atoms with van der Waals surface area (Å²) in [5, 5.41) is 0. The highest BCUT2D eigenvalue weighted by atomic mass is 16.6. The quantitative estimate of drug-likeness (QED) is 0.814. The van der Waals surface area contributed by atoms with Crippen LogP contribution in [0.15, 0.2) is 0 Å². The second-order valence-electron chi connectivity index (χ2n) is 6.08. The zero-order valence-corrected chi connectivity index (χ0v) is 13.2. The van der Waals surface area contributed by atoms with Gasteiger partial charge >= 0.3 is 6.09 Å². The first-order valence-corrected chi connectivity index (χ1v) is 7.37. The van der Waals surface area contributed by atoms with Crippen LogP contribution in [0.2, 0.25) is 0 Å². The predicted octanol–water partition coefficient (Wildman–Crippen LogP) is 0.903. The summed E-state index contributed by atoms with van der Waals surface area (Å²) in [6.45, 7) is 12.7. The number of piperazine rings is 1. The van der Waals surface area contributed by atoms with Crippen molar-refractivity contribution in [3.63, 3.8) is 0 Å². The molecule has 1 heterocycles. The summed E-state index contributed by atoms with van der Waals surface area (Å²) in [5.41, 5.74) is 5.25. The van der Waals surface area contributed by atoms with Crippen LogP contribution in [0.25, 0.3) is 0 Å². The molecule has 0 aliphatic carbocycles. The van der Waals surface area contributed by atoms with Crippen LogP contribution >= 0.6 is 0 Å². The van der Waals surface area contributed by atoms with E-state index in [1.807, 2.05) is 27.7 Å². The van der Waals surface area contributed by atoms with Crippen molar-refractivity contribution in [1.82, 2.24) is 9.80 Å². The Labute approximate surface area is 122 Å². The van der Waals surface area contributed by atoms with E-state index in [2.05, 4.69) is 4.90 Å². The average Bonchev–Trinajstić information content (AvgIpc) is 2.37. The Morgan fingerprint density at radius 3 is 2.30 bits per heavy atom. The van der Waals surface area contributed by atoms with E-state index in [9.17, 15) is 4.79 Å². The lowest BCUT2D eigenvalue weighted by Gasteiger charge is -2.36. The van der Waals surface area contributed by atoms with Crippen LogP contribution < -0.4 is 5.73 Å². The summed E-state index contributed by atoms with van der Waals surface area (Å²) in [6, 6.07) is 0. The van der Waals surface area contributed by atoms with Crippen LogP contribution in [0.5, 0.6) is 0 Å². The van der Waals surface area contributed by atoms with Crippen LogP contribution in [-0.4, -0.2) is 73.5 Å². The van der Waals surface area contributed by atoms with E-state index in [-0.39, 0.29) is 12.2 Å². The fourth-order valence-corrected chi connectivity index (χ4v) is 2.16. The lowest BCUT2D eigenvalue weighted by Crippen LogP contribution is -2.52. The van der Waals surface area contributed by atoms with Crippen molar-refractivity contribution in [1.29, 1.82) is 0 Å². The molecule has 2 N–H and O–H groups in total. The molecule has 1 saturated heterocycles. The van der Waals surface area contributed by atoms with Gasteiger partial charge in [-0.1, -0.05) is 0 Å². The van der Waals surface area contributed by atoms with Crippen molar-refractivity contribution in [3.8, 4) is 0 Å². The summed E-state index contributed by atoms with van der Waals surface area (Å²) in [6.07, 6.45) is -0.148. The van der Waals surface area contributed by atoms with Crippen LogP contribution in [0.4, 0.5) is 4.79 Å². The number of carbonyl (C=O) groups is 1. The van der Waals surface area contributed by atoms with Crippen molar-refractivity contribution in [3.05, 3.63) is 0 Å². The highest BCUT2D eigenvalue weighted by Gasteiger charge is 2.26. The molecule has 0 spiro atoms. The first kappa shape index (κ1) is 17.2. The number of rotatable bonds is 5. The third-order valence-corrected chi connectivity index (χ3v) is 3.15. The maximum absolute atomic E-state index is 11.9. The Morgan fingerprint density at radius 1 is 1.25 bits per heavy atom. The molecule has 1 unspecified atom stereocenters. The smallest absolute Gasteiger partial charge is 0.410 e. The van der Waals surface area contributed by atoms with Crippen molar-refractivity contribution in [2.24, 2.45) is 5.73 Å². The van der Waals surface area contributed by atoms with Gasteiger partial charge in [-0.05, 0) is 27.7 Å². The summed E-state index contributed by atoms with van der Waals surface area (Å²) in [4.78, 5) is 16.0. The highest BCUT2D eigenvalue weighted by molar-refractivity contribution is 5.68. The van der Waals surface area contributed by atoms with Gasteiger partial charge in [0.1, 0.15) is 5.60 Å². The molecule has 0 saturated carbocycles. The van der Waals surface area contributed by atoms with Gasteiger partial charge in [0, 0.05) is 45.9 Å². The molecule has 1 rings (SSSR count). The van der Waals surface area contributed by atoms with Gasteiger partial charge in [0.15, 0.2) is 0 Å². The van der Waals surface area contributed by atoms with Gasteiger partial charge in [-0.3, -0.25) is 4.90 Å². The summed E-state index contributed by atoms with van der Waals surface area (Å²) in [7, 11) is 0. The van der Waals surface area contributed by atoms with E-state index in [1.54, 1.807) is 4.90 Å². The second kappa shape index (κ2) is 7.81. The first-order chi connectivity index (χ1) is 9.35. The molecule has 118 valence electrons. The van der Waals surface area contributed by atoms with Crippen molar-refractivity contribution >= 4 is 6.09 Å². The standard InChI is InChI=1S/C14H29N3O3/c1-5-19-12(10-15)11-16-6-8-17(9-7-16)13(18)20-14(2,3)4/h12H,5-11,15H2,1-4H3. The van der Waals surface area contributed by atoms with Gasteiger partial charge in [0.05, 0.1) is 6.10 Å². The van der Waals surface area contributed by atoms with Gasteiger partial charge in [0.25, 0.3) is 0 Å². The number of ether oxygens (including phenoxy) is 2. The Kier molecular flexibility index (Phi) is 6.71. The van der Waals surface area contributed by atoms with Gasteiger partial charge in [0.2, 0.25) is 0 Å². The number of nitrogens with zero attached hydrogens (tertiary/aromatic N) is 2. The van der Waals surface area contributed by atoms with Crippen molar-refractivity contribution < 1.29 is 14.3 Å². The van der Waals surface area contributed by atoms with Crippen LogP contribution in [-0.2, 0) is 9.47 Å². The molecule has 6 nitrogen and oxygen atoms in total. The molecular weight excluding hydrogens is 258 g/mol. The molecule has 0 radical (unpaired) electrons. The molecule has 20 heavy (non-hydrogen) atoms. The first-order valence-electron chi connectivity index (χ1n) is 7.37. The van der Waals surface area contributed by atoms with Crippen LogP contribution in [0.3, 0.4) is 0 Å². The minimum atomic E-state index is -0.437. The van der Waals surface area contributed by atoms with Crippen molar-refractivity contribution in [2.45, 2.75) is 39.4 Å². The van der Waals surface area contributed by atoms with Crippen molar-refractivity contribution in [2.75, 3.05) is 45.9 Å². The van der Waals surface area contributed by atoms with Gasteiger partial charge in [-0.2, -0.15) is 0 Å². The monoisotopic (exact) mass is 287 g/mol. The Morgan fingerprint density at radius 2 is 1.85 bits per heavy atom. The lowest BCUT2D eigenvalue weighted by atomic mass is 10.2. The number of nitrogens with two attached hydrogens (primary N) is 1. The molecule has 0 aromatic heterocycles. The minimum absolute atomic E-state index is 0.0769. The largest absolute Gasteiger partial charge is 0.444 e. The Hall–Kier alpha value is -0.850. The Balaban J connectivity index is 2.34. The lowest BCUT2D eigenvalue weighted by molar-refractivity contribution is 0.00240. The highest BCUT2D eigenvalue weighted by Crippen LogP contribution is 2.12. The normalized spacial score (nSPS) is 18.9. The van der Waals surface area contributed by atoms with E-state index in [0.29, 0.717) is 26.2 Å². The molecule has 1 atom stereocenters. The summed E-state index contributed by atoms with van der Waals surface area (Å²) >= 11 is 0. The van der Waals surface area contributed by atoms with E-state index in [1.165, 1.54) is 0 Å². The molecule has 1 aliphatic rings. The third-order valence-electron chi connectivity index (χ3n) is 3.15. The zero-order valence-electron chi connectivity index (χ0n) is 13.2. The van der Waals surface area contributed by atoms with Gasteiger partial charge in [-0.15, -0.1) is 0 Å². The molecule has 0 bridgehead atoms. The maximum Gasteiger partial charge on any atom is 0.410 e. The second-order valence-corrected chi connectivity index (χ2v) is 6.08. The average molecular weight is 287 g/mol. The topological polar surface area (TPSA) is 68.0 Å². The molecule has 1 aliphatic heterocycles. The van der Waals surface area contributed by atoms with Gasteiger partial charge in [-0.25, -0.2) is 4.79 Å². The maximum atomic E-state index is 11.9.